The smallest absolute Gasteiger partial charge is 0.241 e. The highest BCUT2D eigenvalue weighted by atomic mass is 32.1. The van der Waals surface area contributed by atoms with E-state index in [2.05, 4.69) is 0 Å². The lowest BCUT2D eigenvalue weighted by Gasteiger charge is -2.27. The van der Waals surface area contributed by atoms with Gasteiger partial charge in [0, 0.05) is 0 Å². The lowest BCUT2D eigenvalue weighted by molar-refractivity contribution is -0.129. The fourth-order valence-electron chi connectivity index (χ4n) is 4.19. The highest BCUT2D eigenvalue weighted by Gasteiger charge is 2.72. The molecule has 2 amide bonds. The highest BCUT2D eigenvalue weighted by Crippen LogP contribution is 2.61. The SMILES string of the molecule is C[C@]12CC[C@](C)(O1)[C@@H]1C(=O)N(c3ccc(C#N)s3)C(=O)[C@@H]12. The van der Waals surface area contributed by atoms with Gasteiger partial charge in [-0.05, 0) is 38.8 Å². The Morgan fingerprint density at radius 1 is 1.24 bits per heavy atom. The van der Waals surface area contributed by atoms with Gasteiger partial charge in [-0.25, -0.2) is 4.90 Å². The first kappa shape index (κ1) is 13.0. The normalized spacial score (nSPS) is 40.7. The van der Waals surface area contributed by atoms with Crippen LogP contribution in [-0.2, 0) is 14.3 Å². The third kappa shape index (κ3) is 1.43. The van der Waals surface area contributed by atoms with Crippen LogP contribution >= 0.6 is 11.3 Å². The van der Waals surface area contributed by atoms with Gasteiger partial charge in [0.15, 0.2) is 0 Å². The number of hydrogen-bond acceptors (Lipinski definition) is 5. The first-order valence-electron chi connectivity index (χ1n) is 6.97. The molecule has 4 atom stereocenters. The van der Waals surface area contributed by atoms with Crippen molar-refractivity contribution >= 4 is 28.2 Å². The second-order valence-corrected chi connectivity index (χ2v) is 7.51. The molecule has 5 nitrogen and oxygen atoms in total. The molecule has 3 saturated heterocycles. The topological polar surface area (TPSA) is 70.4 Å². The average molecular weight is 302 g/mol. The minimum Gasteiger partial charge on any atom is -0.367 e. The molecule has 3 aliphatic rings. The summed E-state index contributed by atoms with van der Waals surface area (Å²) >= 11 is 1.18. The zero-order chi connectivity index (χ0) is 15.0. The van der Waals surface area contributed by atoms with Gasteiger partial charge in [-0.3, -0.25) is 9.59 Å². The minimum atomic E-state index is -0.532. The van der Waals surface area contributed by atoms with Crippen molar-refractivity contribution in [2.75, 3.05) is 4.90 Å². The van der Waals surface area contributed by atoms with E-state index in [1.165, 1.54) is 16.2 Å². The van der Waals surface area contributed by atoms with Crippen LogP contribution in [0.1, 0.15) is 31.6 Å². The number of ether oxygens (including phenoxy) is 1. The Balaban J connectivity index is 1.79. The maximum atomic E-state index is 12.8. The van der Waals surface area contributed by atoms with Crippen LogP contribution in [0, 0.1) is 23.2 Å². The molecule has 0 N–H and O–H groups in total. The predicted molar refractivity (Wildman–Crippen MR) is 75.6 cm³/mol. The van der Waals surface area contributed by atoms with E-state index in [0.717, 1.165) is 12.8 Å². The van der Waals surface area contributed by atoms with Crippen LogP contribution in [0.2, 0.25) is 0 Å². The van der Waals surface area contributed by atoms with Crippen molar-refractivity contribution in [3.05, 3.63) is 17.0 Å². The zero-order valence-electron chi connectivity index (χ0n) is 11.8. The number of fused-ring (bicyclic) bond motifs is 5. The fraction of sp³-hybridized carbons (Fsp3) is 0.533. The number of imide groups is 1. The van der Waals surface area contributed by atoms with Crippen molar-refractivity contribution in [2.24, 2.45) is 11.8 Å². The van der Waals surface area contributed by atoms with Crippen LogP contribution in [0.15, 0.2) is 12.1 Å². The van der Waals surface area contributed by atoms with E-state index >= 15 is 0 Å². The van der Waals surface area contributed by atoms with Crippen molar-refractivity contribution < 1.29 is 14.3 Å². The second kappa shape index (κ2) is 3.73. The Morgan fingerprint density at radius 3 is 2.29 bits per heavy atom. The van der Waals surface area contributed by atoms with E-state index in [-0.39, 0.29) is 11.8 Å². The van der Waals surface area contributed by atoms with E-state index in [9.17, 15) is 9.59 Å². The van der Waals surface area contributed by atoms with Gasteiger partial charge in [-0.2, -0.15) is 5.26 Å². The van der Waals surface area contributed by atoms with E-state index in [1.807, 2.05) is 19.9 Å². The van der Waals surface area contributed by atoms with Crippen molar-refractivity contribution in [3.63, 3.8) is 0 Å². The number of carbonyl (C=O) groups excluding carboxylic acids is 2. The molecule has 6 heteroatoms. The molecule has 3 aliphatic heterocycles. The zero-order valence-corrected chi connectivity index (χ0v) is 12.6. The van der Waals surface area contributed by atoms with E-state index in [1.54, 1.807) is 12.1 Å². The second-order valence-electron chi connectivity index (χ2n) is 6.44. The summed E-state index contributed by atoms with van der Waals surface area (Å²) < 4.78 is 6.05. The number of amides is 2. The third-order valence-corrected chi connectivity index (χ3v) is 6.10. The Labute approximate surface area is 126 Å². The van der Waals surface area contributed by atoms with Gasteiger partial charge in [0.2, 0.25) is 11.8 Å². The van der Waals surface area contributed by atoms with Crippen LogP contribution in [0.25, 0.3) is 0 Å². The number of hydrogen-bond donors (Lipinski definition) is 0. The molecular formula is C15H14N2O3S. The summed E-state index contributed by atoms with van der Waals surface area (Å²) in [7, 11) is 0. The predicted octanol–water partition coefficient (Wildman–Crippen LogP) is 2.07. The van der Waals surface area contributed by atoms with E-state index in [0.29, 0.717) is 9.88 Å². The van der Waals surface area contributed by atoms with Crippen LogP contribution in [0.4, 0.5) is 5.00 Å². The number of thiophene rings is 1. The highest BCUT2D eigenvalue weighted by molar-refractivity contribution is 7.17. The Bertz CT molecular complexity index is 687. The molecule has 0 aliphatic carbocycles. The number of nitrogens with zero attached hydrogens (tertiary/aromatic N) is 2. The molecule has 2 bridgehead atoms. The van der Waals surface area contributed by atoms with Crippen molar-refractivity contribution in [1.82, 2.24) is 0 Å². The summed E-state index contributed by atoms with van der Waals surface area (Å²) in [6.45, 7) is 3.87. The summed E-state index contributed by atoms with van der Waals surface area (Å²) in [5.41, 5.74) is -1.06. The van der Waals surface area contributed by atoms with Crippen LogP contribution < -0.4 is 4.90 Å². The van der Waals surface area contributed by atoms with Gasteiger partial charge < -0.3 is 4.74 Å². The standard InChI is InChI=1S/C15H14N2O3S/c1-14-5-6-15(2,20-14)11-10(14)12(18)17(13(11)19)9-4-3-8(7-16)21-9/h3-4,10-11H,5-6H2,1-2H3/t10-,11+,14-,15+. The molecule has 1 aromatic rings. The minimum absolute atomic E-state index is 0.178. The molecule has 0 aromatic carbocycles. The molecule has 108 valence electrons. The fourth-order valence-corrected chi connectivity index (χ4v) is 5.01. The summed E-state index contributed by atoms with van der Waals surface area (Å²) in [6.07, 6.45) is 1.62. The molecule has 4 rings (SSSR count). The molecule has 1 aromatic heterocycles. The largest absolute Gasteiger partial charge is 0.367 e. The Morgan fingerprint density at radius 2 is 1.81 bits per heavy atom. The molecular weight excluding hydrogens is 288 g/mol. The lowest BCUT2D eigenvalue weighted by Crippen LogP contribution is -2.40. The van der Waals surface area contributed by atoms with E-state index < -0.39 is 23.0 Å². The first-order chi connectivity index (χ1) is 9.89. The molecule has 0 radical (unpaired) electrons. The molecule has 4 heterocycles. The van der Waals surface area contributed by atoms with Crippen LogP contribution in [-0.4, -0.2) is 23.0 Å². The van der Waals surface area contributed by atoms with Gasteiger partial charge in [0.25, 0.3) is 0 Å². The molecule has 0 saturated carbocycles. The lowest BCUT2D eigenvalue weighted by atomic mass is 9.69. The quantitative estimate of drug-likeness (QED) is 0.745. The van der Waals surface area contributed by atoms with Crippen LogP contribution in [0.5, 0.6) is 0 Å². The van der Waals surface area contributed by atoms with Crippen molar-refractivity contribution in [3.8, 4) is 6.07 Å². The molecule has 21 heavy (non-hydrogen) atoms. The molecule has 0 spiro atoms. The first-order valence-corrected chi connectivity index (χ1v) is 7.79. The maximum absolute atomic E-state index is 12.8. The van der Waals surface area contributed by atoms with Crippen LogP contribution in [0.3, 0.4) is 0 Å². The third-order valence-electron chi connectivity index (χ3n) is 5.13. The molecule has 3 fully saturated rings. The Kier molecular flexibility index (Phi) is 2.31. The number of nitriles is 1. The van der Waals surface area contributed by atoms with Gasteiger partial charge in [-0.1, -0.05) is 0 Å². The number of rotatable bonds is 1. The summed E-state index contributed by atoms with van der Waals surface area (Å²) in [5.74, 6) is -1.14. The van der Waals surface area contributed by atoms with E-state index in [4.69, 9.17) is 10.00 Å². The summed E-state index contributed by atoms with van der Waals surface area (Å²) in [5, 5.41) is 9.46. The van der Waals surface area contributed by atoms with Gasteiger partial charge in [0.1, 0.15) is 15.9 Å². The average Bonchev–Trinajstić information content (AvgIpc) is 3.11. The summed E-state index contributed by atoms with van der Waals surface area (Å²) in [4.78, 5) is 27.3. The van der Waals surface area contributed by atoms with Gasteiger partial charge in [0.05, 0.1) is 23.0 Å². The van der Waals surface area contributed by atoms with Crippen molar-refractivity contribution in [2.45, 2.75) is 37.9 Å². The summed E-state index contributed by atoms with van der Waals surface area (Å²) in [6, 6.07) is 5.36. The monoisotopic (exact) mass is 302 g/mol. The molecule has 0 unspecified atom stereocenters. The number of carbonyl (C=O) groups is 2. The van der Waals surface area contributed by atoms with Gasteiger partial charge in [-0.15, -0.1) is 11.3 Å². The maximum Gasteiger partial charge on any atom is 0.241 e. The Hall–Kier alpha value is -1.71. The number of anilines is 1. The van der Waals surface area contributed by atoms with Crippen molar-refractivity contribution in [1.29, 1.82) is 5.26 Å². The van der Waals surface area contributed by atoms with Gasteiger partial charge >= 0.3 is 0 Å².